The number of para-hydroxylation sites is 1. The average Bonchev–Trinajstić information content (AvgIpc) is 2.75. The largest absolute Gasteiger partial charge is 0.387 e. The zero-order valence-electron chi connectivity index (χ0n) is 17.0. The molecule has 0 radical (unpaired) electrons. The maximum Gasteiger partial charge on any atom is 0.263 e. The first-order valence-corrected chi connectivity index (χ1v) is 11.7. The van der Waals surface area contributed by atoms with Gasteiger partial charge < -0.3 is 10.4 Å². The Morgan fingerprint density at radius 1 is 1.22 bits per heavy atom. The van der Waals surface area contributed by atoms with E-state index in [1.54, 1.807) is 23.1 Å². The van der Waals surface area contributed by atoms with Crippen LogP contribution in [-0.4, -0.2) is 45.4 Å². The van der Waals surface area contributed by atoms with Crippen molar-refractivity contribution in [2.45, 2.75) is 17.7 Å². The zero-order chi connectivity index (χ0) is 22.4. The van der Waals surface area contributed by atoms with Crippen molar-refractivity contribution < 1.29 is 9.90 Å². The van der Waals surface area contributed by atoms with E-state index >= 15 is 0 Å². The lowest BCUT2D eigenvalue weighted by Gasteiger charge is -2.29. The number of hydrogen-bond donors (Lipinski definition) is 2. The number of fused-ring (bicyclic) bond motifs is 2. The van der Waals surface area contributed by atoms with Crippen molar-refractivity contribution in [2.75, 3.05) is 29.7 Å². The summed E-state index contributed by atoms with van der Waals surface area (Å²) in [5.41, 5.74) is 3.72. The van der Waals surface area contributed by atoms with E-state index < -0.39 is 6.10 Å². The molecule has 0 saturated carbocycles. The Kier molecular flexibility index (Phi) is 5.73. The van der Waals surface area contributed by atoms with Gasteiger partial charge in [-0.15, -0.1) is 0 Å². The van der Waals surface area contributed by atoms with Crippen LogP contribution in [0, 0.1) is 0 Å². The van der Waals surface area contributed by atoms with Crippen molar-refractivity contribution in [3.8, 4) is 0 Å². The van der Waals surface area contributed by atoms with E-state index in [4.69, 9.17) is 23.2 Å². The number of carbonyl (C=O) groups is 1. The molecule has 32 heavy (non-hydrogen) atoms. The number of thioether (sulfide) groups is 1. The van der Waals surface area contributed by atoms with E-state index in [0.29, 0.717) is 44.7 Å². The van der Waals surface area contributed by atoms with Crippen molar-refractivity contribution in [2.24, 2.45) is 0 Å². The molecule has 5 rings (SSSR count). The Balaban J connectivity index is 1.39. The summed E-state index contributed by atoms with van der Waals surface area (Å²) in [6.07, 6.45) is 1.03. The van der Waals surface area contributed by atoms with Crippen LogP contribution >= 0.6 is 35.0 Å². The number of nitrogens with one attached hydrogen (secondary N) is 1. The molecule has 2 aromatic carbocycles. The number of aliphatic hydroxyl groups is 1. The summed E-state index contributed by atoms with van der Waals surface area (Å²) in [6, 6.07) is 11.0. The van der Waals surface area contributed by atoms with Crippen molar-refractivity contribution >= 4 is 58.2 Å². The Labute approximate surface area is 199 Å². The molecule has 2 N–H and O–H groups in total. The Hall–Kier alpha value is -2.36. The molecule has 3 heterocycles. The van der Waals surface area contributed by atoms with Crippen LogP contribution in [0.2, 0.25) is 10.0 Å². The molecule has 7 nitrogen and oxygen atoms in total. The molecular formula is C22H19Cl2N5O2S. The lowest BCUT2D eigenvalue weighted by molar-refractivity contribution is 0.0985. The van der Waals surface area contributed by atoms with Crippen molar-refractivity contribution in [3.05, 3.63) is 69.3 Å². The second-order valence-electron chi connectivity index (χ2n) is 7.74. The monoisotopic (exact) mass is 487 g/mol. The first-order chi connectivity index (χ1) is 15.4. The molecule has 1 atom stereocenters. The maximum atomic E-state index is 13.1. The van der Waals surface area contributed by atoms with Crippen LogP contribution in [0.3, 0.4) is 0 Å². The normalized spacial score (nSPS) is 18.3. The summed E-state index contributed by atoms with van der Waals surface area (Å²) in [6.45, 7) is 1.38. The number of halogens is 2. The van der Waals surface area contributed by atoms with Crippen molar-refractivity contribution in [1.29, 1.82) is 0 Å². The van der Waals surface area contributed by atoms with Crippen LogP contribution in [0.5, 0.6) is 0 Å². The molecule has 1 aromatic heterocycles. The number of aromatic nitrogens is 2. The fourth-order valence-electron chi connectivity index (χ4n) is 3.95. The highest BCUT2D eigenvalue weighted by Crippen LogP contribution is 2.39. The highest BCUT2D eigenvalue weighted by Gasteiger charge is 2.30. The number of nitrogens with zero attached hydrogens (tertiary/aromatic N) is 4. The second kappa shape index (κ2) is 8.53. The van der Waals surface area contributed by atoms with Crippen LogP contribution in [0.25, 0.3) is 0 Å². The SMILES string of the molecule is CN1Cc2cc(Nc3ncc4c(n3)SCN(c3c(Cl)cccc3Cl)C4=O)ccc2C(O)C1. The summed E-state index contributed by atoms with van der Waals surface area (Å²) in [7, 11) is 1.98. The lowest BCUT2D eigenvalue weighted by Crippen LogP contribution is -2.35. The fourth-order valence-corrected chi connectivity index (χ4v) is 5.50. The van der Waals surface area contributed by atoms with Crippen LogP contribution in [0.1, 0.15) is 27.6 Å². The van der Waals surface area contributed by atoms with Crippen LogP contribution in [0.4, 0.5) is 17.3 Å². The van der Waals surface area contributed by atoms with Crippen LogP contribution in [-0.2, 0) is 6.54 Å². The molecule has 1 unspecified atom stereocenters. The standard InChI is InChI=1S/C22H19Cl2N5O2S/c1-28-9-12-7-13(5-6-14(12)18(30)10-28)26-22-25-8-15-20(27-22)32-11-29(21(15)31)19-16(23)3-2-4-17(19)24/h2-8,18,30H,9-11H2,1H3,(H,25,26,27). The molecule has 3 aromatic rings. The highest BCUT2D eigenvalue weighted by atomic mass is 35.5. The van der Waals surface area contributed by atoms with Gasteiger partial charge in [-0.2, -0.15) is 0 Å². The number of carbonyl (C=O) groups excluding carboxylic acids is 1. The van der Waals surface area contributed by atoms with E-state index in [9.17, 15) is 9.90 Å². The summed E-state index contributed by atoms with van der Waals surface area (Å²) >= 11 is 14.0. The maximum absolute atomic E-state index is 13.1. The molecule has 0 saturated heterocycles. The van der Waals surface area contributed by atoms with Gasteiger partial charge >= 0.3 is 0 Å². The molecule has 0 aliphatic carbocycles. The number of likely N-dealkylation sites (N-methyl/N-ethyl adjacent to an activating group) is 1. The van der Waals surface area contributed by atoms with Gasteiger partial charge in [-0.25, -0.2) is 9.97 Å². The smallest absolute Gasteiger partial charge is 0.263 e. The molecule has 0 fully saturated rings. The molecule has 0 spiro atoms. The van der Waals surface area contributed by atoms with Crippen molar-refractivity contribution in [1.82, 2.24) is 14.9 Å². The number of hydrogen-bond acceptors (Lipinski definition) is 7. The third-order valence-electron chi connectivity index (χ3n) is 5.45. The van der Waals surface area contributed by atoms with Crippen molar-refractivity contribution in [3.63, 3.8) is 0 Å². The molecular weight excluding hydrogens is 469 g/mol. The predicted octanol–water partition coefficient (Wildman–Crippen LogP) is 4.72. The third kappa shape index (κ3) is 3.93. The molecule has 2 aliphatic rings. The van der Waals surface area contributed by atoms with Gasteiger partial charge in [0.15, 0.2) is 0 Å². The minimum atomic E-state index is -0.491. The van der Waals surface area contributed by atoms with Crippen LogP contribution < -0.4 is 10.2 Å². The topological polar surface area (TPSA) is 81.6 Å². The fraction of sp³-hybridized carbons (Fsp3) is 0.227. The zero-order valence-corrected chi connectivity index (χ0v) is 19.4. The quantitative estimate of drug-likeness (QED) is 0.517. The van der Waals surface area contributed by atoms with E-state index in [1.807, 2.05) is 25.2 Å². The van der Waals surface area contributed by atoms with Gasteiger partial charge in [0.2, 0.25) is 5.95 Å². The number of anilines is 3. The van der Waals surface area contributed by atoms with Gasteiger partial charge in [0.1, 0.15) is 5.03 Å². The molecule has 1 amide bonds. The highest BCUT2D eigenvalue weighted by molar-refractivity contribution is 7.99. The van der Waals surface area contributed by atoms with Gasteiger partial charge in [0, 0.05) is 25.0 Å². The molecule has 164 valence electrons. The summed E-state index contributed by atoms with van der Waals surface area (Å²) in [5, 5.41) is 14.9. The minimum absolute atomic E-state index is 0.244. The average molecular weight is 488 g/mol. The Morgan fingerprint density at radius 3 is 2.78 bits per heavy atom. The first-order valence-electron chi connectivity index (χ1n) is 9.93. The number of β-amino-alcohol motifs (C(OH)–C–C–N with tert-alkyl or cyclic N) is 1. The van der Waals surface area contributed by atoms with Gasteiger partial charge in [0.05, 0.1) is 33.3 Å². The first kappa shape index (κ1) is 21.5. The molecule has 2 aliphatic heterocycles. The number of aliphatic hydroxyl groups excluding tert-OH is 1. The van der Waals surface area contributed by atoms with E-state index in [1.165, 1.54) is 18.0 Å². The van der Waals surface area contributed by atoms with E-state index in [-0.39, 0.29) is 5.91 Å². The van der Waals surface area contributed by atoms with Gasteiger partial charge in [0.25, 0.3) is 5.91 Å². The number of amides is 1. The Morgan fingerprint density at radius 2 is 2.00 bits per heavy atom. The molecule has 10 heteroatoms. The molecule has 0 bridgehead atoms. The summed E-state index contributed by atoms with van der Waals surface area (Å²) in [4.78, 5) is 25.6. The Bertz CT molecular complexity index is 1200. The number of benzene rings is 2. The van der Waals surface area contributed by atoms with E-state index in [2.05, 4.69) is 20.2 Å². The minimum Gasteiger partial charge on any atom is -0.387 e. The second-order valence-corrected chi connectivity index (χ2v) is 9.49. The van der Waals surface area contributed by atoms with Crippen LogP contribution in [0.15, 0.2) is 47.6 Å². The van der Waals surface area contributed by atoms with Gasteiger partial charge in [-0.3, -0.25) is 14.6 Å². The summed E-state index contributed by atoms with van der Waals surface area (Å²) < 4.78 is 0. The number of rotatable bonds is 3. The lowest BCUT2D eigenvalue weighted by atomic mass is 9.97. The van der Waals surface area contributed by atoms with E-state index in [0.717, 1.165) is 23.4 Å². The predicted molar refractivity (Wildman–Crippen MR) is 127 cm³/mol. The summed E-state index contributed by atoms with van der Waals surface area (Å²) in [5.74, 6) is 0.499. The van der Waals surface area contributed by atoms with Gasteiger partial charge in [-0.1, -0.05) is 47.1 Å². The van der Waals surface area contributed by atoms with Gasteiger partial charge in [-0.05, 0) is 42.4 Å². The third-order valence-corrected chi connectivity index (χ3v) is 7.03.